The summed E-state index contributed by atoms with van der Waals surface area (Å²) in [4.78, 5) is 14.3. The zero-order valence-electron chi connectivity index (χ0n) is 14.5. The molecule has 1 saturated heterocycles. The molecule has 1 amide bonds. The normalized spacial score (nSPS) is 20.6. The number of amides is 1. The Balaban J connectivity index is 1.40. The molecule has 2 fully saturated rings. The third-order valence-corrected chi connectivity index (χ3v) is 5.09. The second-order valence-electron chi connectivity index (χ2n) is 7.56. The fourth-order valence-corrected chi connectivity index (χ4v) is 3.26. The number of halogens is 1. The van der Waals surface area contributed by atoms with Gasteiger partial charge >= 0.3 is 0 Å². The van der Waals surface area contributed by atoms with E-state index in [1.165, 1.54) is 0 Å². The SMILES string of the molecule is CC(C)CCn1cc(C2(F)CN(C(=O)C3(n4ccnn4)CC3)C2)nn1. The van der Waals surface area contributed by atoms with Gasteiger partial charge in [-0.15, -0.1) is 10.2 Å². The monoisotopic (exact) mass is 347 g/mol. The van der Waals surface area contributed by atoms with Crippen LogP contribution in [0, 0.1) is 5.92 Å². The molecule has 3 heterocycles. The highest BCUT2D eigenvalue weighted by Gasteiger charge is 2.59. The minimum absolute atomic E-state index is 0.0190. The van der Waals surface area contributed by atoms with E-state index in [-0.39, 0.29) is 19.0 Å². The maximum absolute atomic E-state index is 15.1. The first-order chi connectivity index (χ1) is 11.9. The number of carbonyl (C=O) groups is 1. The van der Waals surface area contributed by atoms with Crippen LogP contribution in [0.1, 0.15) is 38.8 Å². The van der Waals surface area contributed by atoms with E-state index in [1.807, 2.05) is 0 Å². The molecule has 0 unspecified atom stereocenters. The third-order valence-electron chi connectivity index (χ3n) is 5.09. The van der Waals surface area contributed by atoms with Gasteiger partial charge in [-0.05, 0) is 25.2 Å². The van der Waals surface area contributed by atoms with Crippen molar-refractivity contribution in [3.63, 3.8) is 0 Å². The average Bonchev–Trinajstić information content (AvgIpc) is 3.00. The Hall–Kier alpha value is -2.32. The van der Waals surface area contributed by atoms with Crippen LogP contribution in [0.3, 0.4) is 0 Å². The molecule has 2 aromatic rings. The highest BCUT2D eigenvalue weighted by molar-refractivity contribution is 5.88. The van der Waals surface area contributed by atoms with Crippen LogP contribution in [0.2, 0.25) is 0 Å². The molecule has 1 aliphatic carbocycles. The first-order valence-electron chi connectivity index (χ1n) is 8.69. The molecule has 1 aliphatic heterocycles. The standard InChI is InChI=1S/C16H22FN7O/c1-12(2)3-7-23-9-13(19-21-23)15(17)10-22(11-15)14(25)16(4-5-16)24-8-6-18-20-24/h6,8-9,12H,3-5,7,10-11H2,1-2H3. The summed E-state index contributed by atoms with van der Waals surface area (Å²) in [5.74, 6) is 0.466. The molecule has 2 aliphatic rings. The van der Waals surface area contributed by atoms with E-state index in [0.29, 0.717) is 11.6 Å². The predicted molar refractivity (Wildman–Crippen MR) is 86.1 cm³/mol. The third kappa shape index (κ3) is 2.71. The average molecular weight is 347 g/mol. The molecule has 0 spiro atoms. The van der Waals surface area contributed by atoms with Gasteiger partial charge < -0.3 is 4.90 Å². The van der Waals surface area contributed by atoms with Crippen molar-refractivity contribution in [2.45, 2.75) is 50.9 Å². The molecule has 0 bridgehead atoms. The van der Waals surface area contributed by atoms with Crippen molar-refractivity contribution >= 4 is 5.91 Å². The second-order valence-corrected chi connectivity index (χ2v) is 7.56. The Bertz CT molecular complexity index is 759. The number of carbonyl (C=O) groups excluding carboxylic acids is 1. The van der Waals surface area contributed by atoms with Crippen LogP contribution in [-0.2, 0) is 22.5 Å². The van der Waals surface area contributed by atoms with Crippen LogP contribution in [0.5, 0.6) is 0 Å². The van der Waals surface area contributed by atoms with Gasteiger partial charge in [0.2, 0.25) is 0 Å². The summed E-state index contributed by atoms with van der Waals surface area (Å²) in [6.07, 6.45) is 7.31. The second kappa shape index (κ2) is 5.60. The predicted octanol–water partition coefficient (Wildman–Crippen LogP) is 1.11. The largest absolute Gasteiger partial charge is 0.333 e. The minimum Gasteiger partial charge on any atom is -0.333 e. The first-order valence-corrected chi connectivity index (χ1v) is 8.69. The molecule has 134 valence electrons. The molecular weight excluding hydrogens is 325 g/mol. The summed E-state index contributed by atoms with van der Waals surface area (Å²) in [7, 11) is 0. The van der Waals surface area contributed by atoms with E-state index in [0.717, 1.165) is 25.8 Å². The minimum atomic E-state index is -1.61. The lowest BCUT2D eigenvalue weighted by atomic mass is 9.92. The maximum Gasteiger partial charge on any atom is 0.250 e. The Morgan fingerprint density at radius 2 is 2.08 bits per heavy atom. The van der Waals surface area contributed by atoms with Gasteiger partial charge in [0, 0.05) is 12.7 Å². The molecular formula is C16H22FN7O. The quantitative estimate of drug-likeness (QED) is 0.782. The topological polar surface area (TPSA) is 81.7 Å². The summed E-state index contributed by atoms with van der Waals surface area (Å²) in [6.45, 7) is 5.02. The van der Waals surface area contributed by atoms with Crippen LogP contribution in [-0.4, -0.2) is 53.9 Å². The molecule has 0 N–H and O–H groups in total. The summed E-state index contributed by atoms with van der Waals surface area (Å²) in [5.41, 5.74) is -1.96. The molecule has 9 heteroatoms. The Morgan fingerprint density at radius 1 is 1.32 bits per heavy atom. The maximum atomic E-state index is 15.1. The summed E-state index contributed by atoms with van der Waals surface area (Å²) in [6, 6.07) is 0. The zero-order chi connectivity index (χ0) is 17.7. The van der Waals surface area contributed by atoms with Gasteiger partial charge in [0.25, 0.3) is 5.91 Å². The fourth-order valence-electron chi connectivity index (χ4n) is 3.26. The van der Waals surface area contributed by atoms with Crippen molar-refractivity contribution in [3.8, 4) is 0 Å². The summed E-state index contributed by atoms with van der Waals surface area (Å²) < 4.78 is 18.3. The van der Waals surface area contributed by atoms with Crippen molar-refractivity contribution in [1.82, 2.24) is 34.9 Å². The van der Waals surface area contributed by atoms with Crippen LogP contribution in [0.15, 0.2) is 18.6 Å². The number of aromatic nitrogens is 6. The first kappa shape index (κ1) is 16.2. The molecule has 25 heavy (non-hydrogen) atoms. The van der Waals surface area contributed by atoms with Crippen molar-refractivity contribution < 1.29 is 9.18 Å². The van der Waals surface area contributed by atoms with Crippen LogP contribution in [0.25, 0.3) is 0 Å². The van der Waals surface area contributed by atoms with Gasteiger partial charge in [0.15, 0.2) is 5.67 Å². The molecule has 0 radical (unpaired) electrons. The summed E-state index contributed by atoms with van der Waals surface area (Å²) in [5, 5.41) is 15.7. The molecule has 0 atom stereocenters. The van der Waals surface area contributed by atoms with Crippen molar-refractivity contribution in [1.29, 1.82) is 0 Å². The summed E-state index contributed by atoms with van der Waals surface area (Å²) >= 11 is 0. The van der Waals surface area contributed by atoms with Gasteiger partial charge in [0.1, 0.15) is 11.2 Å². The van der Waals surface area contributed by atoms with E-state index in [4.69, 9.17) is 0 Å². The number of likely N-dealkylation sites (tertiary alicyclic amines) is 1. The number of hydrogen-bond acceptors (Lipinski definition) is 5. The van der Waals surface area contributed by atoms with Crippen LogP contribution in [0.4, 0.5) is 4.39 Å². The Morgan fingerprint density at radius 3 is 2.68 bits per heavy atom. The van der Waals surface area contributed by atoms with Gasteiger partial charge in [-0.3, -0.25) is 9.48 Å². The molecule has 1 saturated carbocycles. The highest BCUT2D eigenvalue weighted by atomic mass is 19.1. The van der Waals surface area contributed by atoms with Crippen LogP contribution >= 0.6 is 0 Å². The number of aryl methyl sites for hydroxylation is 1. The fraction of sp³-hybridized carbons (Fsp3) is 0.688. The zero-order valence-corrected chi connectivity index (χ0v) is 14.5. The molecule has 2 aromatic heterocycles. The van der Waals surface area contributed by atoms with E-state index in [1.54, 1.807) is 32.9 Å². The molecule has 4 rings (SSSR count). The number of alkyl halides is 1. The van der Waals surface area contributed by atoms with Gasteiger partial charge in [-0.2, -0.15) is 0 Å². The Kier molecular flexibility index (Phi) is 3.62. The molecule has 0 aromatic carbocycles. The number of rotatable bonds is 6. The lowest BCUT2D eigenvalue weighted by molar-refractivity contribution is -0.152. The Labute approximate surface area is 145 Å². The van der Waals surface area contributed by atoms with E-state index >= 15 is 4.39 Å². The van der Waals surface area contributed by atoms with E-state index in [2.05, 4.69) is 34.5 Å². The van der Waals surface area contributed by atoms with Gasteiger partial charge in [0.05, 0.1) is 25.5 Å². The van der Waals surface area contributed by atoms with Crippen molar-refractivity contribution in [2.75, 3.05) is 13.1 Å². The molecule has 8 nitrogen and oxygen atoms in total. The lowest BCUT2D eigenvalue weighted by Gasteiger charge is -2.44. The van der Waals surface area contributed by atoms with E-state index in [9.17, 15) is 4.79 Å². The lowest BCUT2D eigenvalue weighted by Crippen LogP contribution is -2.61. The van der Waals surface area contributed by atoms with Gasteiger partial charge in [-0.1, -0.05) is 24.3 Å². The number of hydrogen-bond donors (Lipinski definition) is 0. The van der Waals surface area contributed by atoms with Crippen molar-refractivity contribution in [3.05, 3.63) is 24.3 Å². The van der Waals surface area contributed by atoms with Gasteiger partial charge in [-0.25, -0.2) is 9.07 Å². The smallest absolute Gasteiger partial charge is 0.250 e. The number of nitrogens with zero attached hydrogens (tertiary/aromatic N) is 7. The van der Waals surface area contributed by atoms with Crippen molar-refractivity contribution in [2.24, 2.45) is 5.92 Å². The van der Waals surface area contributed by atoms with E-state index < -0.39 is 11.2 Å². The van der Waals surface area contributed by atoms with Crippen LogP contribution < -0.4 is 0 Å². The highest BCUT2D eigenvalue weighted by Crippen LogP contribution is 2.47.